The van der Waals surface area contributed by atoms with Crippen LogP contribution in [0.25, 0.3) is 11.2 Å². The smallest absolute Gasteiger partial charge is 0.282 e. The highest BCUT2D eigenvalue weighted by atomic mass is 16.1. The Hall–Kier alpha value is -2.40. The fourth-order valence-corrected chi connectivity index (χ4v) is 2.96. The van der Waals surface area contributed by atoms with E-state index < -0.39 is 0 Å². The van der Waals surface area contributed by atoms with Crippen LogP contribution in [-0.4, -0.2) is 20.7 Å². The van der Waals surface area contributed by atoms with Gasteiger partial charge in [0.25, 0.3) is 5.56 Å². The first-order valence-corrected chi connectivity index (χ1v) is 7.24. The van der Waals surface area contributed by atoms with Gasteiger partial charge >= 0.3 is 0 Å². The number of fused-ring (bicyclic) bond motifs is 1. The number of rotatable bonds is 2. The van der Waals surface area contributed by atoms with Gasteiger partial charge in [0, 0.05) is 6.20 Å². The van der Waals surface area contributed by atoms with Crippen molar-refractivity contribution in [1.29, 1.82) is 0 Å². The lowest BCUT2D eigenvalue weighted by Crippen LogP contribution is -2.30. The van der Waals surface area contributed by atoms with Gasteiger partial charge in [-0.1, -0.05) is 18.2 Å². The van der Waals surface area contributed by atoms with Gasteiger partial charge in [-0.15, -0.1) is 0 Å². The molecule has 0 aliphatic carbocycles. The zero-order chi connectivity index (χ0) is 14.2. The monoisotopic (exact) mass is 280 g/mol. The molecule has 3 heterocycles. The van der Waals surface area contributed by atoms with Gasteiger partial charge in [-0.05, 0) is 43.7 Å². The highest BCUT2D eigenvalue weighted by Gasteiger charge is 2.23. The van der Waals surface area contributed by atoms with Crippen molar-refractivity contribution in [2.75, 3.05) is 6.54 Å². The molecule has 0 saturated carbocycles. The highest BCUT2D eigenvalue weighted by Crippen LogP contribution is 2.22. The van der Waals surface area contributed by atoms with Crippen molar-refractivity contribution in [1.82, 2.24) is 19.5 Å². The summed E-state index contributed by atoms with van der Waals surface area (Å²) in [5.41, 5.74) is 1.44. The molecule has 1 N–H and O–H groups in total. The van der Waals surface area contributed by atoms with Crippen LogP contribution >= 0.6 is 0 Å². The molecular formula is C16H16N4O. The Labute approximate surface area is 121 Å². The van der Waals surface area contributed by atoms with Crippen LogP contribution in [0, 0.1) is 0 Å². The zero-order valence-corrected chi connectivity index (χ0v) is 11.6. The number of hydrogen-bond donors (Lipinski definition) is 1. The third kappa shape index (κ3) is 1.97. The van der Waals surface area contributed by atoms with Crippen LogP contribution in [0.2, 0.25) is 0 Å². The molecular weight excluding hydrogens is 264 g/mol. The topological polar surface area (TPSA) is 51.3 Å². The molecule has 1 aromatic carbocycles. The molecule has 0 unspecified atom stereocenters. The second-order valence-corrected chi connectivity index (χ2v) is 5.32. The third-order valence-electron chi connectivity index (χ3n) is 3.98. The molecule has 1 fully saturated rings. The maximum atomic E-state index is 12.8. The molecule has 0 spiro atoms. The molecule has 1 atom stereocenters. The van der Waals surface area contributed by atoms with Crippen LogP contribution in [0.4, 0.5) is 0 Å². The number of aromatic nitrogens is 3. The Balaban J connectivity index is 2.03. The van der Waals surface area contributed by atoms with E-state index in [4.69, 9.17) is 0 Å². The average molecular weight is 280 g/mol. The fraction of sp³-hybridized carbons (Fsp3) is 0.250. The molecule has 0 radical (unpaired) electrons. The summed E-state index contributed by atoms with van der Waals surface area (Å²) in [5.74, 6) is 0.785. The minimum atomic E-state index is -0.0232. The van der Waals surface area contributed by atoms with Crippen molar-refractivity contribution in [3.63, 3.8) is 0 Å². The Morgan fingerprint density at radius 2 is 2.00 bits per heavy atom. The van der Waals surface area contributed by atoms with Crippen molar-refractivity contribution >= 4 is 5.52 Å². The molecule has 1 aliphatic heterocycles. The number of nitrogens with zero attached hydrogens (tertiary/aromatic N) is 3. The predicted octanol–water partition coefficient (Wildman–Crippen LogP) is 1.91. The van der Waals surface area contributed by atoms with E-state index in [2.05, 4.69) is 10.4 Å². The lowest BCUT2D eigenvalue weighted by atomic mass is 10.2. The summed E-state index contributed by atoms with van der Waals surface area (Å²) in [4.78, 5) is 12.8. The summed E-state index contributed by atoms with van der Waals surface area (Å²) in [7, 11) is 0. The molecule has 21 heavy (non-hydrogen) atoms. The molecule has 0 bridgehead atoms. The number of para-hydroxylation sites is 1. The number of nitrogens with one attached hydrogen (secondary N) is 1. The Kier molecular flexibility index (Phi) is 2.86. The van der Waals surface area contributed by atoms with E-state index in [-0.39, 0.29) is 11.6 Å². The first-order chi connectivity index (χ1) is 10.3. The summed E-state index contributed by atoms with van der Waals surface area (Å²) < 4.78 is 3.41. The fourth-order valence-electron chi connectivity index (χ4n) is 2.96. The van der Waals surface area contributed by atoms with Gasteiger partial charge in [0.05, 0.1) is 11.7 Å². The van der Waals surface area contributed by atoms with Crippen LogP contribution in [0.1, 0.15) is 24.7 Å². The van der Waals surface area contributed by atoms with E-state index in [1.807, 2.05) is 42.6 Å². The van der Waals surface area contributed by atoms with E-state index in [0.717, 1.165) is 30.9 Å². The Morgan fingerprint density at radius 3 is 2.76 bits per heavy atom. The Morgan fingerprint density at radius 1 is 1.14 bits per heavy atom. The molecule has 5 heteroatoms. The molecule has 106 valence electrons. The van der Waals surface area contributed by atoms with E-state index in [1.54, 1.807) is 15.1 Å². The van der Waals surface area contributed by atoms with E-state index in [9.17, 15) is 4.79 Å². The van der Waals surface area contributed by atoms with Crippen molar-refractivity contribution in [2.45, 2.75) is 18.9 Å². The quantitative estimate of drug-likeness (QED) is 0.780. The van der Waals surface area contributed by atoms with Crippen molar-refractivity contribution < 1.29 is 0 Å². The first-order valence-electron chi connectivity index (χ1n) is 7.24. The largest absolute Gasteiger partial charge is 0.307 e. The zero-order valence-electron chi connectivity index (χ0n) is 11.6. The first kappa shape index (κ1) is 12.3. The molecule has 5 nitrogen and oxygen atoms in total. The lowest BCUT2D eigenvalue weighted by Gasteiger charge is -2.17. The second kappa shape index (κ2) is 4.86. The van der Waals surface area contributed by atoms with Crippen LogP contribution in [0.15, 0.2) is 53.5 Å². The Bertz CT molecular complexity index is 828. The average Bonchev–Trinajstić information content (AvgIpc) is 3.19. The summed E-state index contributed by atoms with van der Waals surface area (Å²) in [5, 5.41) is 8.10. The SMILES string of the molecule is O=c1c2cccn2nc([C@@H]2CCCN2)n1-c1ccccc1. The van der Waals surface area contributed by atoms with Gasteiger partial charge in [0.1, 0.15) is 5.52 Å². The second-order valence-electron chi connectivity index (χ2n) is 5.32. The van der Waals surface area contributed by atoms with Crippen molar-refractivity contribution in [3.8, 4) is 5.69 Å². The standard InChI is InChI=1S/C16H16N4O/c21-16-14-9-5-11-19(14)18-15(13-8-4-10-17-13)20(16)12-6-2-1-3-7-12/h1-3,5-7,9,11,13,17H,4,8,10H2/t13-/m0/s1. The molecule has 4 rings (SSSR count). The summed E-state index contributed by atoms with van der Waals surface area (Å²) in [6, 6.07) is 13.5. The molecule has 0 amide bonds. The van der Waals surface area contributed by atoms with Gasteiger partial charge in [-0.2, -0.15) is 5.10 Å². The maximum absolute atomic E-state index is 12.8. The minimum absolute atomic E-state index is 0.0232. The van der Waals surface area contributed by atoms with E-state index in [1.165, 1.54) is 0 Å². The van der Waals surface area contributed by atoms with Gasteiger partial charge < -0.3 is 5.32 Å². The molecule has 1 saturated heterocycles. The normalized spacial score (nSPS) is 18.4. The van der Waals surface area contributed by atoms with Crippen LogP contribution < -0.4 is 10.9 Å². The van der Waals surface area contributed by atoms with Crippen molar-refractivity contribution in [2.24, 2.45) is 0 Å². The van der Waals surface area contributed by atoms with Crippen molar-refractivity contribution in [3.05, 3.63) is 64.8 Å². The van der Waals surface area contributed by atoms with Crippen LogP contribution in [0.3, 0.4) is 0 Å². The van der Waals surface area contributed by atoms with E-state index >= 15 is 0 Å². The van der Waals surface area contributed by atoms with Gasteiger partial charge in [0.2, 0.25) is 0 Å². The highest BCUT2D eigenvalue weighted by molar-refractivity contribution is 5.47. The number of benzene rings is 1. The molecule has 3 aromatic rings. The summed E-state index contributed by atoms with van der Waals surface area (Å²) in [6.07, 6.45) is 3.94. The van der Waals surface area contributed by atoms with Gasteiger partial charge in [-0.3, -0.25) is 9.36 Å². The molecule has 1 aliphatic rings. The lowest BCUT2D eigenvalue weighted by molar-refractivity contribution is 0.560. The van der Waals surface area contributed by atoms with Gasteiger partial charge in [0.15, 0.2) is 5.82 Å². The van der Waals surface area contributed by atoms with Gasteiger partial charge in [-0.25, -0.2) is 4.52 Å². The third-order valence-corrected chi connectivity index (χ3v) is 3.98. The summed E-state index contributed by atoms with van der Waals surface area (Å²) >= 11 is 0. The predicted molar refractivity (Wildman–Crippen MR) is 80.8 cm³/mol. The molecule has 2 aromatic heterocycles. The minimum Gasteiger partial charge on any atom is -0.307 e. The summed E-state index contributed by atoms with van der Waals surface area (Å²) in [6.45, 7) is 0.971. The number of hydrogen-bond acceptors (Lipinski definition) is 3. The van der Waals surface area contributed by atoms with Crippen LogP contribution in [-0.2, 0) is 0 Å². The van der Waals surface area contributed by atoms with Crippen LogP contribution in [0.5, 0.6) is 0 Å². The maximum Gasteiger partial charge on any atom is 0.282 e. The van der Waals surface area contributed by atoms with E-state index in [0.29, 0.717) is 5.52 Å².